The molecule has 0 heterocycles. The van der Waals surface area contributed by atoms with Gasteiger partial charge in [-0.2, -0.15) is 0 Å². The zero-order valence-electron chi connectivity index (χ0n) is 11.9. The zero-order valence-corrected chi connectivity index (χ0v) is 13.5. The number of hydrogen-bond donors (Lipinski definition) is 2. The summed E-state index contributed by atoms with van der Waals surface area (Å²) in [5, 5.41) is 4.03. The van der Waals surface area contributed by atoms with Gasteiger partial charge in [0, 0.05) is 22.3 Å². The number of nitrogens with two attached hydrogens (primary N) is 1. The lowest BCUT2D eigenvalue weighted by Crippen LogP contribution is -2.15. The largest absolute Gasteiger partial charge is 0.497 e. The molecule has 0 spiro atoms. The molecule has 3 nitrogen and oxygen atoms in total. The van der Waals surface area contributed by atoms with E-state index in [0.29, 0.717) is 10.0 Å². The van der Waals surface area contributed by atoms with Crippen molar-refractivity contribution in [2.75, 3.05) is 12.4 Å². The van der Waals surface area contributed by atoms with Crippen molar-refractivity contribution in [3.63, 3.8) is 0 Å². The topological polar surface area (TPSA) is 47.3 Å². The Labute approximate surface area is 135 Å². The van der Waals surface area contributed by atoms with Crippen LogP contribution in [-0.2, 0) is 0 Å². The van der Waals surface area contributed by atoms with Crippen LogP contribution in [0.5, 0.6) is 5.75 Å². The van der Waals surface area contributed by atoms with Crippen LogP contribution in [0.25, 0.3) is 0 Å². The molecule has 1 atom stereocenters. The molecular formula is C16H17ClN2OS. The Hall–Kier alpha value is -1.78. The summed E-state index contributed by atoms with van der Waals surface area (Å²) in [6, 6.07) is 13.4. The molecule has 2 aromatic rings. The molecule has 1 unspecified atom stereocenters. The maximum Gasteiger partial charge on any atom is 0.118 e. The lowest BCUT2D eigenvalue weighted by molar-refractivity contribution is 0.414. The van der Waals surface area contributed by atoms with Crippen LogP contribution in [0.1, 0.15) is 24.1 Å². The molecule has 0 aliphatic carbocycles. The van der Waals surface area contributed by atoms with Crippen molar-refractivity contribution in [3.05, 3.63) is 58.6 Å². The van der Waals surface area contributed by atoms with E-state index in [2.05, 4.69) is 12.2 Å². The van der Waals surface area contributed by atoms with Crippen molar-refractivity contribution >= 4 is 34.5 Å². The van der Waals surface area contributed by atoms with Crippen molar-refractivity contribution in [2.45, 2.75) is 13.0 Å². The number of benzene rings is 2. The number of rotatable bonds is 5. The lowest BCUT2D eigenvalue weighted by Gasteiger charge is -2.18. The van der Waals surface area contributed by atoms with Crippen molar-refractivity contribution in [1.29, 1.82) is 0 Å². The second kappa shape index (κ2) is 6.78. The second-order valence-corrected chi connectivity index (χ2v) is 5.57. The summed E-state index contributed by atoms with van der Waals surface area (Å²) in [6.45, 7) is 2.06. The Kier molecular flexibility index (Phi) is 5.04. The summed E-state index contributed by atoms with van der Waals surface area (Å²) in [5.41, 5.74) is 8.50. The normalized spacial score (nSPS) is 11.8. The number of anilines is 1. The van der Waals surface area contributed by atoms with Crippen LogP contribution in [-0.4, -0.2) is 12.1 Å². The lowest BCUT2D eigenvalue weighted by atomic mass is 10.1. The van der Waals surface area contributed by atoms with Crippen molar-refractivity contribution in [1.82, 2.24) is 0 Å². The van der Waals surface area contributed by atoms with Crippen molar-refractivity contribution in [2.24, 2.45) is 5.73 Å². The molecule has 110 valence electrons. The highest BCUT2D eigenvalue weighted by molar-refractivity contribution is 7.80. The predicted molar refractivity (Wildman–Crippen MR) is 92.4 cm³/mol. The first-order valence-electron chi connectivity index (χ1n) is 6.51. The quantitative estimate of drug-likeness (QED) is 0.812. The van der Waals surface area contributed by atoms with Gasteiger partial charge in [-0.25, -0.2) is 0 Å². The standard InChI is InChI=1S/C16H17ClN2OS/c1-10(11-3-6-13(20-2)7-4-11)19-15-9-12(17)5-8-14(15)16(18)21/h3-10,19H,1-2H3,(H2,18,21). The monoisotopic (exact) mass is 320 g/mol. The third-order valence-electron chi connectivity index (χ3n) is 3.23. The van der Waals surface area contributed by atoms with Gasteiger partial charge in [0.2, 0.25) is 0 Å². The molecule has 2 aromatic carbocycles. The van der Waals surface area contributed by atoms with E-state index in [1.807, 2.05) is 36.4 Å². The molecule has 0 fully saturated rings. The Balaban J connectivity index is 2.24. The molecule has 0 radical (unpaired) electrons. The van der Waals surface area contributed by atoms with Gasteiger partial charge in [0.1, 0.15) is 10.7 Å². The van der Waals surface area contributed by atoms with E-state index < -0.39 is 0 Å². The molecule has 0 aliphatic heterocycles. The minimum absolute atomic E-state index is 0.0856. The summed E-state index contributed by atoms with van der Waals surface area (Å²) in [4.78, 5) is 0.344. The van der Waals surface area contributed by atoms with Crippen molar-refractivity contribution < 1.29 is 4.74 Å². The number of nitrogens with one attached hydrogen (secondary N) is 1. The highest BCUT2D eigenvalue weighted by atomic mass is 35.5. The van der Waals surface area contributed by atoms with E-state index in [4.69, 9.17) is 34.3 Å². The molecule has 0 amide bonds. The Morgan fingerprint density at radius 3 is 2.48 bits per heavy atom. The van der Waals surface area contributed by atoms with Gasteiger partial charge in [-0.3, -0.25) is 0 Å². The first-order valence-corrected chi connectivity index (χ1v) is 7.29. The molecule has 0 bridgehead atoms. The Morgan fingerprint density at radius 1 is 1.24 bits per heavy atom. The van der Waals surface area contributed by atoms with Gasteiger partial charge in [-0.05, 0) is 42.8 Å². The van der Waals surface area contributed by atoms with Crippen LogP contribution in [0, 0.1) is 0 Å². The second-order valence-electron chi connectivity index (χ2n) is 4.69. The molecule has 5 heteroatoms. The van der Waals surface area contributed by atoms with Gasteiger partial charge in [-0.15, -0.1) is 0 Å². The zero-order chi connectivity index (χ0) is 15.4. The molecular weight excluding hydrogens is 304 g/mol. The number of ether oxygens (including phenoxy) is 1. The number of halogens is 1. The molecule has 2 rings (SSSR count). The highest BCUT2D eigenvalue weighted by Gasteiger charge is 2.11. The SMILES string of the molecule is COc1ccc(C(C)Nc2cc(Cl)ccc2C(N)=S)cc1. The highest BCUT2D eigenvalue weighted by Crippen LogP contribution is 2.26. The number of methoxy groups -OCH3 is 1. The minimum atomic E-state index is 0.0856. The van der Waals surface area contributed by atoms with Gasteiger partial charge < -0.3 is 15.8 Å². The number of hydrogen-bond acceptors (Lipinski definition) is 3. The van der Waals surface area contributed by atoms with Crippen LogP contribution in [0.3, 0.4) is 0 Å². The molecule has 0 saturated heterocycles. The van der Waals surface area contributed by atoms with E-state index >= 15 is 0 Å². The summed E-state index contributed by atoms with van der Waals surface area (Å²) >= 11 is 11.1. The maximum absolute atomic E-state index is 6.05. The molecule has 21 heavy (non-hydrogen) atoms. The third kappa shape index (κ3) is 3.86. The summed E-state index contributed by atoms with van der Waals surface area (Å²) in [5.74, 6) is 0.831. The van der Waals surface area contributed by atoms with Crippen LogP contribution < -0.4 is 15.8 Å². The van der Waals surface area contributed by atoms with Gasteiger partial charge in [0.25, 0.3) is 0 Å². The predicted octanol–water partition coefficient (Wildman–Crippen LogP) is 4.16. The van der Waals surface area contributed by atoms with Gasteiger partial charge in [0.15, 0.2) is 0 Å². The average Bonchev–Trinajstić information content (AvgIpc) is 2.47. The van der Waals surface area contributed by atoms with Crippen LogP contribution in [0.4, 0.5) is 5.69 Å². The van der Waals surface area contributed by atoms with E-state index in [9.17, 15) is 0 Å². The summed E-state index contributed by atoms with van der Waals surface area (Å²) in [7, 11) is 1.65. The molecule has 0 saturated carbocycles. The molecule has 3 N–H and O–H groups in total. The van der Waals surface area contributed by atoms with E-state index in [1.54, 1.807) is 13.2 Å². The minimum Gasteiger partial charge on any atom is -0.497 e. The first kappa shape index (κ1) is 15.6. The van der Waals surface area contributed by atoms with E-state index in [0.717, 1.165) is 22.6 Å². The summed E-state index contributed by atoms with van der Waals surface area (Å²) in [6.07, 6.45) is 0. The fourth-order valence-electron chi connectivity index (χ4n) is 2.06. The van der Waals surface area contributed by atoms with Gasteiger partial charge in [0.05, 0.1) is 7.11 Å². The van der Waals surface area contributed by atoms with Gasteiger partial charge in [-0.1, -0.05) is 36.0 Å². The fraction of sp³-hybridized carbons (Fsp3) is 0.188. The number of thiocarbonyl (C=S) groups is 1. The van der Waals surface area contributed by atoms with Gasteiger partial charge >= 0.3 is 0 Å². The smallest absolute Gasteiger partial charge is 0.118 e. The van der Waals surface area contributed by atoms with E-state index in [1.165, 1.54) is 0 Å². The van der Waals surface area contributed by atoms with Crippen LogP contribution in [0.2, 0.25) is 5.02 Å². The first-order chi connectivity index (χ1) is 10.0. The fourth-order valence-corrected chi connectivity index (χ4v) is 2.41. The van der Waals surface area contributed by atoms with Crippen molar-refractivity contribution in [3.8, 4) is 5.75 Å². The average molecular weight is 321 g/mol. The summed E-state index contributed by atoms with van der Waals surface area (Å²) < 4.78 is 5.16. The Bertz CT molecular complexity index is 643. The molecule has 0 aliphatic rings. The van der Waals surface area contributed by atoms with E-state index in [-0.39, 0.29) is 6.04 Å². The third-order valence-corrected chi connectivity index (χ3v) is 3.69. The van der Waals surface area contributed by atoms with Crippen LogP contribution >= 0.6 is 23.8 Å². The van der Waals surface area contributed by atoms with Crippen LogP contribution in [0.15, 0.2) is 42.5 Å². The maximum atomic E-state index is 6.05. The Morgan fingerprint density at radius 2 is 1.90 bits per heavy atom. The molecule has 0 aromatic heterocycles.